The summed E-state index contributed by atoms with van der Waals surface area (Å²) in [6, 6.07) is 0. The minimum atomic E-state index is 0.0213. The van der Waals surface area contributed by atoms with Gasteiger partial charge in [0.05, 0.1) is 0 Å². The molecule has 1 aromatic heterocycles. The van der Waals surface area contributed by atoms with Gasteiger partial charge in [0.1, 0.15) is 12.9 Å². The zero-order valence-electron chi connectivity index (χ0n) is 11.7. The second kappa shape index (κ2) is 4.53. The molecule has 5 rings (SSSR count). The molecular formula is C14H21N5O. The van der Waals surface area contributed by atoms with E-state index in [4.69, 9.17) is 0 Å². The summed E-state index contributed by atoms with van der Waals surface area (Å²) in [5, 5.41) is 13.9. The van der Waals surface area contributed by atoms with Gasteiger partial charge >= 0.3 is 0 Å². The van der Waals surface area contributed by atoms with Crippen molar-refractivity contribution in [1.29, 1.82) is 0 Å². The Bertz CT molecular complexity index is 462. The Labute approximate surface area is 118 Å². The lowest BCUT2D eigenvalue weighted by molar-refractivity contribution is -0.124. The number of nitrogens with zero attached hydrogens (tertiary/aromatic N) is 4. The van der Waals surface area contributed by atoms with Crippen molar-refractivity contribution in [2.75, 3.05) is 6.54 Å². The van der Waals surface area contributed by atoms with Gasteiger partial charge in [-0.2, -0.15) is 0 Å². The number of rotatable bonds is 4. The quantitative estimate of drug-likeness (QED) is 0.890. The zero-order valence-corrected chi connectivity index (χ0v) is 11.7. The molecule has 0 aromatic carbocycles. The second-order valence-electron chi connectivity index (χ2n) is 7.20. The summed E-state index contributed by atoms with van der Waals surface area (Å²) in [7, 11) is 0. The zero-order chi connectivity index (χ0) is 13.6. The van der Waals surface area contributed by atoms with Crippen molar-refractivity contribution in [1.82, 2.24) is 25.5 Å². The van der Waals surface area contributed by atoms with Gasteiger partial charge < -0.3 is 5.32 Å². The molecule has 4 fully saturated rings. The van der Waals surface area contributed by atoms with E-state index in [1.54, 1.807) is 0 Å². The van der Waals surface area contributed by atoms with E-state index in [1.165, 1.54) is 49.5 Å². The van der Waals surface area contributed by atoms with E-state index in [1.807, 2.05) is 0 Å². The molecule has 4 bridgehead atoms. The molecular weight excluding hydrogens is 254 g/mol. The van der Waals surface area contributed by atoms with Crippen molar-refractivity contribution in [3.05, 3.63) is 6.33 Å². The van der Waals surface area contributed by atoms with Crippen LogP contribution in [0.4, 0.5) is 0 Å². The van der Waals surface area contributed by atoms with Gasteiger partial charge in [-0.1, -0.05) is 0 Å². The number of carbonyl (C=O) groups is 1. The molecule has 1 N–H and O–H groups in total. The molecule has 1 aromatic rings. The Kier molecular flexibility index (Phi) is 2.79. The lowest BCUT2D eigenvalue weighted by Gasteiger charge is -2.56. The first-order valence-electron chi connectivity index (χ1n) is 7.68. The molecule has 0 saturated heterocycles. The van der Waals surface area contributed by atoms with Crippen molar-refractivity contribution >= 4 is 5.91 Å². The van der Waals surface area contributed by atoms with Gasteiger partial charge in [-0.15, -0.1) is 5.10 Å². The second-order valence-corrected chi connectivity index (χ2v) is 7.20. The molecule has 0 atom stereocenters. The lowest BCUT2D eigenvalue weighted by atomic mass is 9.49. The summed E-state index contributed by atoms with van der Waals surface area (Å²) >= 11 is 0. The molecule has 4 saturated carbocycles. The van der Waals surface area contributed by atoms with Gasteiger partial charge in [-0.3, -0.25) is 4.79 Å². The van der Waals surface area contributed by atoms with Gasteiger partial charge in [0.25, 0.3) is 0 Å². The van der Waals surface area contributed by atoms with E-state index < -0.39 is 0 Å². The van der Waals surface area contributed by atoms with E-state index in [0.717, 1.165) is 24.3 Å². The standard InChI is InChI=1S/C14H21N5O/c20-13(7-19-9-16-17-18-19)15-8-14-4-10-1-11(5-14)3-12(2-10)6-14/h9-12H,1-8H2,(H,15,20). The van der Waals surface area contributed by atoms with Crippen LogP contribution in [0.25, 0.3) is 0 Å². The van der Waals surface area contributed by atoms with Crippen LogP contribution < -0.4 is 5.32 Å². The van der Waals surface area contributed by atoms with E-state index in [-0.39, 0.29) is 12.5 Å². The van der Waals surface area contributed by atoms with Gasteiger partial charge in [0.2, 0.25) is 5.91 Å². The largest absolute Gasteiger partial charge is 0.354 e. The van der Waals surface area contributed by atoms with Crippen LogP contribution >= 0.6 is 0 Å². The van der Waals surface area contributed by atoms with E-state index in [0.29, 0.717) is 5.41 Å². The molecule has 20 heavy (non-hydrogen) atoms. The summed E-state index contributed by atoms with van der Waals surface area (Å²) in [6.45, 7) is 1.07. The van der Waals surface area contributed by atoms with Crippen molar-refractivity contribution < 1.29 is 4.79 Å². The van der Waals surface area contributed by atoms with Crippen LogP contribution in [0.15, 0.2) is 6.33 Å². The Balaban J connectivity index is 1.36. The summed E-state index contributed by atoms with van der Waals surface area (Å²) in [4.78, 5) is 12.0. The van der Waals surface area contributed by atoms with E-state index in [2.05, 4.69) is 20.8 Å². The Morgan fingerprint density at radius 3 is 2.40 bits per heavy atom. The number of tetrazole rings is 1. The molecule has 1 heterocycles. The molecule has 108 valence electrons. The number of hydrogen-bond acceptors (Lipinski definition) is 4. The van der Waals surface area contributed by atoms with Crippen molar-refractivity contribution in [2.45, 2.75) is 45.1 Å². The minimum Gasteiger partial charge on any atom is -0.354 e. The van der Waals surface area contributed by atoms with E-state index in [9.17, 15) is 4.79 Å². The fourth-order valence-electron chi connectivity index (χ4n) is 5.25. The number of aromatic nitrogens is 4. The Morgan fingerprint density at radius 2 is 1.85 bits per heavy atom. The average Bonchev–Trinajstić information content (AvgIpc) is 2.88. The topological polar surface area (TPSA) is 72.7 Å². The first kappa shape index (κ1) is 12.3. The summed E-state index contributed by atoms with van der Waals surface area (Å²) in [5.41, 5.74) is 0.394. The maximum Gasteiger partial charge on any atom is 0.241 e. The molecule has 6 heteroatoms. The maximum absolute atomic E-state index is 12.0. The first-order chi connectivity index (χ1) is 9.71. The molecule has 0 radical (unpaired) electrons. The third-order valence-electron chi connectivity index (χ3n) is 5.52. The molecule has 6 nitrogen and oxygen atoms in total. The van der Waals surface area contributed by atoms with Crippen molar-refractivity contribution in [3.63, 3.8) is 0 Å². The van der Waals surface area contributed by atoms with Crippen LogP contribution in [0.1, 0.15) is 38.5 Å². The third kappa shape index (κ3) is 2.21. The van der Waals surface area contributed by atoms with E-state index >= 15 is 0 Å². The minimum absolute atomic E-state index is 0.0213. The van der Waals surface area contributed by atoms with Crippen LogP contribution in [0, 0.1) is 23.2 Å². The average molecular weight is 275 g/mol. The highest BCUT2D eigenvalue weighted by Gasteiger charge is 2.50. The van der Waals surface area contributed by atoms with Crippen LogP contribution in [-0.2, 0) is 11.3 Å². The highest BCUT2D eigenvalue weighted by Crippen LogP contribution is 2.59. The molecule has 0 aliphatic heterocycles. The smallest absolute Gasteiger partial charge is 0.241 e. The number of carbonyl (C=O) groups excluding carboxylic acids is 1. The van der Waals surface area contributed by atoms with Crippen molar-refractivity contribution in [2.24, 2.45) is 23.2 Å². The van der Waals surface area contributed by atoms with Crippen molar-refractivity contribution in [3.8, 4) is 0 Å². The Morgan fingerprint density at radius 1 is 1.20 bits per heavy atom. The monoisotopic (exact) mass is 275 g/mol. The predicted molar refractivity (Wildman–Crippen MR) is 71.4 cm³/mol. The molecule has 4 aliphatic rings. The molecule has 0 unspecified atom stereocenters. The van der Waals surface area contributed by atoms with Gasteiger partial charge in [-0.25, -0.2) is 4.68 Å². The van der Waals surface area contributed by atoms with Gasteiger partial charge in [0.15, 0.2) is 0 Å². The summed E-state index contributed by atoms with van der Waals surface area (Å²) < 4.78 is 1.47. The fraction of sp³-hybridized carbons (Fsp3) is 0.857. The molecule has 1 amide bonds. The Hall–Kier alpha value is -1.46. The third-order valence-corrected chi connectivity index (χ3v) is 5.52. The first-order valence-corrected chi connectivity index (χ1v) is 7.68. The SMILES string of the molecule is O=C(Cn1cnnn1)NCC12CC3CC(CC(C3)C1)C2. The predicted octanol–water partition coefficient (Wildman–Crippen LogP) is 1.01. The summed E-state index contributed by atoms with van der Waals surface area (Å²) in [6.07, 6.45) is 9.77. The highest BCUT2D eigenvalue weighted by atomic mass is 16.2. The molecule has 4 aliphatic carbocycles. The molecule has 0 spiro atoms. The fourth-order valence-corrected chi connectivity index (χ4v) is 5.25. The maximum atomic E-state index is 12.0. The van der Waals surface area contributed by atoms with Gasteiger partial charge in [0, 0.05) is 6.54 Å². The van der Waals surface area contributed by atoms with Crippen LogP contribution in [0.3, 0.4) is 0 Å². The number of amides is 1. The van der Waals surface area contributed by atoms with Crippen LogP contribution in [-0.4, -0.2) is 32.7 Å². The number of nitrogens with one attached hydrogen (secondary N) is 1. The highest BCUT2D eigenvalue weighted by molar-refractivity contribution is 5.75. The van der Waals surface area contributed by atoms with Crippen LogP contribution in [0.5, 0.6) is 0 Å². The normalized spacial score (nSPS) is 38.1. The van der Waals surface area contributed by atoms with Crippen LogP contribution in [0.2, 0.25) is 0 Å². The number of hydrogen-bond donors (Lipinski definition) is 1. The lowest BCUT2D eigenvalue weighted by Crippen LogP contribution is -2.51. The summed E-state index contributed by atoms with van der Waals surface area (Å²) in [5.74, 6) is 2.81. The van der Waals surface area contributed by atoms with Gasteiger partial charge in [-0.05, 0) is 72.1 Å².